The van der Waals surface area contributed by atoms with E-state index in [0.29, 0.717) is 33.0 Å². The highest BCUT2D eigenvalue weighted by molar-refractivity contribution is 7.99. The van der Waals surface area contributed by atoms with Gasteiger partial charge in [-0.25, -0.2) is 0 Å². The molecule has 0 saturated heterocycles. The van der Waals surface area contributed by atoms with Gasteiger partial charge in [0.15, 0.2) is 0 Å². The predicted molar refractivity (Wildman–Crippen MR) is 196 cm³/mol. The molecule has 0 bridgehead atoms. The van der Waals surface area contributed by atoms with Crippen LogP contribution in [0, 0.1) is 0 Å². The molecular weight excluding hydrogens is 575 g/mol. The minimum atomic E-state index is -0.769. The van der Waals surface area contributed by atoms with E-state index in [2.05, 4.69) is 0 Å². The van der Waals surface area contributed by atoms with Crippen molar-refractivity contribution in [2.24, 2.45) is 0 Å². The fourth-order valence-electron chi connectivity index (χ4n) is 6.27. The molecule has 46 heavy (non-hydrogen) atoms. The van der Waals surface area contributed by atoms with Crippen LogP contribution in [0.25, 0.3) is 82.4 Å². The van der Waals surface area contributed by atoms with E-state index in [1.54, 1.807) is 36.4 Å². The number of benzene rings is 8. The molecule has 0 aliphatic carbocycles. The van der Waals surface area contributed by atoms with Crippen LogP contribution in [-0.2, 0) is 0 Å². The summed E-state index contributed by atoms with van der Waals surface area (Å²) in [6, 6.07) is 2.58. The van der Waals surface area contributed by atoms with E-state index in [-0.39, 0.29) is 50.4 Å². The number of hydrogen-bond acceptors (Lipinski definition) is 1. The normalized spacial score (nSPS) is 18.0. The fraction of sp³-hybridized carbons (Fsp3) is 0. The van der Waals surface area contributed by atoms with E-state index in [1.807, 2.05) is 12.1 Å². The van der Waals surface area contributed by atoms with Gasteiger partial charge in [-0.2, -0.15) is 0 Å². The van der Waals surface area contributed by atoms with Crippen molar-refractivity contribution in [3.05, 3.63) is 163 Å². The molecule has 0 atom stereocenters. The van der Waals surface area contributed by atoms with Gasteiger partial charge in [-0.1, -0.05) is 133 Å². The zero-order chi connectivity index (χ0) is 46.7. The van der Waals surface area contributed by atoms with Gasteiger partial charge in [0.05, 0.1) is 37.1 Å². The lowest BCUT2D eigenvalue weighted by Crippen LogP contribution is -1.95. The van der Waals surface area contributed by atoms with Gasteiger partial charge in [-0.05, 0) is 86.5 Å². The summed E-state index contributed by atoms with van der Waals surface area (Å²) >= 11 is 1.41. The summed E-state index contributed by atoms with van der Waals surface area (Å²) in [6.07, 6.45) is 0. The van der Waals surface area contributed by atoms with E-state index >= 15 is 0 Å². The maximum Gasteiger partial charge on any atom is 0.0645 e. The van der Waals surface area contributed by atoms with Crippen molar-refractivity contribution in [1.82, 2.24) is 4.57 Å². The quantitative estimate of drug-likeness (QED) is 0.190. The first-order valence-corrected chi connectivity index (χ1v) is 15.0. The maximum absolute atomic E-state index is 9.92. The average molecular weight is 621 g/mol. The molecule has 0 N–H and O–H groups in total. The zero-order valence-electron chi connectivity index (χ0n) is 42.5. The van der Waals surface area contributed by atoms with E-state index in [4.69, 9.17) is 20.6 Å². The van der Waals surface area contributed by atoms with Crippen LogP contribution in [0.5, 0.6) is 0 Å². The van der Waals surface area contributed by atoms with Crippen molar-refractivity contribution in [1.29, 1.82) is 0 Å². The molecule has 214 valence electrons. The molecule has 1 aliphatic heterocycles. The van der Waals surface area contributed by atoms with Crippen LogP contribution in [-0.4, -0.2) is 4.57 Å². The summed E-state index contributed by atoms with van der Waals surface area (Å²) in [5, 5.41) is -0.00859. The Hall–Kier alpha value is -5.57. The first-order chi connectivity index (χ1) is 30.7. The SMILES string of the molecule is [2H]c1c([2H])c([2H])c(-c2ccc3c(c2)-c2cccc4c(-c5c([2H])c([2H])c6c(c5[2H])c5c([2H])c([2H])c7c([2H])c([2H])c([2H])c([2H])c7c5n6-c5c([2H])c([2H])c([2H])c([2H])c5[2H])ccc(c24)S3)c([2H])c1[2H]. The monoisotopic (exact) mass is 620 g/mol. The Balaban J connectivity index is 1.33. The van der Waals surface area contributed by atoms with Gasteiger partial charge in [0, 0.05) is 37.0 Å². The summed E-state index contributed by atoms with van der Waals surface area (Å²) < 4.78 is 168. The highest BCUT2D eigenvalue weighted by Crippen LogP contribution is 2.51. The predicted octanol–water partition coefficient (Wildman–Crippen LogP) is 12.6. The topological polar surface area (TPSA) is 4.93 Å². The minimum Gasteiger partial charge on any atom is -0.309 e. The van der Waals surface area contributed by atoms with E-state index < -0.39 is 114 Å². The lowest BCUT2D eigenvalue weighted by Gasteiger charge is -2.22. The molecule has 0 amide bonds. The molecule has 2 heteroatoms. The van der Waals surface area contributed by atoms with Gasteiger partial charge in [0.1, 0.15) is 0 Å². The van der Waals surface area contributed by atoms with Crippen LogP contribution in [0.3, 0.4) is 0 Å². The third-order valence-corrected chi connectivity index (χ3v) is 9.36. The molecule has 0 radical (unpaired) electrons. The van der Waals surface area contributed by atoms with Crippen LogP contribution in [0.1, 0.15) is 26.0 Å². The van der Waals surface area contributed by atoms with Crippen LogP contribution < -0.4 is 0 Å². The molecule has 1 aromatic heterocycles. The van der Waals surface area contributed by atoms with Gasteiger partial charge in [0.2, 0.25) is 0 Å². The van der Waals surface area contributed by atoms with Crippen molar-refractivity contribution >= 4 is 55.1 Å². The van der Waals surface area contributed by atoms with Crippen molar-refractivity contribution in [3.8, 4) is 39.1 Å². The first-order valence-electron chi connectivity index (χ1n) is 23.7. The number of fused-ring (bicyclic) bond motifs is 7. The third kappa shape index (κ3) is 3.77. The molecule has 1 aliphatic rings. The van der Waals surface area contributed by atoms with Gasteiger partial charge in [-0.3, -0.25) is 0 Å². The summed E-state index contributed by atoms with van der Waals surface area (Å²) in [4.78, 5) is 1.60. The summed E-state index contributed by atoms with van der Waals surface area (Å²) in [6.45, 7) is 0. The standard InChI is InChI=1S/C44H27NS/c1-3-10-28(11-4-1)30-20-24-41-39(26-30)36-17-9-16-35-33(22-25-42(46-41)43(35)36)31-19-23-40-38(27-31)37-21-18-29-12-7-8-15-34(29)44(37)45(40)32-13-5-2-6-14-32/h1-27H/i1D,2D,3D,4D,5D,6D,7D,8D,10D,11D,12D,13D,14D,15D,18D,19D,21D,23D,27D. The van der Waals surface area contributed by atoms with Crippen molar-refractivity contribution in [3.63, 3.8) is 0 Å². The summed E-state index contributed by atoms with van der Waals surface area (Å²) in [5.41, 5.74) is 0.806. The molecular formula is C44H27NS. The zero-order valence-corrected chi connectivity index (χ0v) is 24.3. The van der Waals surface area contributed by atoms with Crippen LogP contribution in [0.15, 0.2) is 173 Å². The first kappa shape index (κ1) is 13.4. The largest absolute Gasteiger partial charge is 0.309 e. The van der Waals surface area contributed by atoms with Gasteiger partial charge < -0.3 is 4.57 Å². The summed E-state index contributed by atoms with van der Waals surface area (Å²) in [7, 11) is 0. The molecule has 10 rings (SSSR count). The van der Waals surface area contributed by atoms with E-state index in [1.165, 1.54) is 11.8 Å². The van der Waals surface area contributed by atoms with Crippen LogP contribution in [0.4, 0.5) is 0 Å². The second kappa shape index (κ2) is 9.97. The van der Waals surface area contributed by atoms with Crippen LogP contribution in [0.2, 0.25) is 0 Å². The summed E-state index contributed by atoms with van der Waals surface area (Å²) in [5.74, 6) is 0. The smallest absolute Gasteiger partial charge is 0.0645 e. The Labute approximate surface area is 298 Å². The minimum absolute atomic E-state index is 0.0280. The molecule has 0 fully saturated rings. The van der Waals surface area contributed by atoms with Gasteiger partial charge in [0.25, 0.3) is 0 Å². The Bertz CT molecular complexity index is 3690. The second-order valence-corrected chi connectivity index (χ2v) is 11.7. The molecule has 9 aromatic rings. The molecule has 8 aromatic carbocycles. The highest BCUT2D eigenvalue weighted by Gasteiger charge is 2.22. The fourth-order valence-corrected chi connectivity index (χ4v) is 7.38. The van der Waals surface area contributed by atoms with Crippen LogP contribution >= 0.6 is 11.8 Å². The second-order valence-electron chi connectivity index (χ2n) is 10.7. The van der Waals surface area contributed by atoms with Gasteiger partial charge in [-0.15, -0.1) is 0 Å². The molecule has 1 nitrogen and oxygen atoms in total. The van der Waals surface area contributed by atoms with Gasteiger partial charge >= 0.3 is 0 Å². The number of para-hydroxylation sites is 1. The third-order valence-electron chi connectivity index (χ3n) is 8.22. The Kier molecular flexibility index (Phi) is 2.91. The number of rotatable bonds is 3. The maximum atomic E-state index is 9.92. The highest BCUT2D eigenvalue weighted by atomic mass is 32.2. The Morgan fingerprint density at radius 3 is 2.20 bits per heavy atom. The van der Waals surface area contributed by atoms with Crippen molar-refractivity contribution in [2.75, 3.05) is 0 Å². The number of aromatic nitrogens is 1. The molecule has 0 saturated carbocycles. The molecule has 0 spiro atoms. The molecule has 0 unspecified atom stereocenters. The van der Waals surface area contributed by atoms with Crippen molar-refractivity contribution in [2.45, 2.75) is 9.79 Å². The number of nitrogens with zero attached hydrogens (tertiary/aromatic N) is 1. The van der Waals surface area contributed by atoms with E-state index in [0.717, 1.165) is 14.4 Å². The number of hydrogen-bond donors (Lipinski definition) is 0. The van der Waals surface area contributed by atoms with Crippen molar-refractivity contribution < 1.29 is 26.0 Å². The average Bonchev–Trinajstić information content (AvgIpc) is 3.64. The Morgan fingerprint density at radius 1 is 0.500 bits per heavy atom. The lowest BCUT2D eigenvalue weighted by molar-refractivity contribution is 1.19. The van der Waals surface area contributed by atoms with E-state index in [9.17, 15) is 5.48 Å². The lowest BCUT2D eigenvalue weighted by atomic mass is 9.91. The molecule has 2 heterocycles. The Morgan fingerprint density at radius 2 is 1.30 bits per heavy atom.